The number of hydrogen-bond donors (Lipinski definition) is 2. The van der Waals surface area contributed by atoms with Crippen LogP contribution in [0.1, 0.15) is 29.2 Å². The van der Waals surface area contributed by atoms with Crippen LogP contribution in [0, 0.1) is 0 Å². The van der Waals surface area contributed by atoms with Crippen LogP contribution >= 0.6 is 0 Å². The zero-order chi connectivity index (χ0) is 19.2. The fourth-order valence-corrected chi connectivity index (χ4v) is 3.75. The lowest BCUT2D eigenvalue weighted by Crippen LogP contribution is -2.37. The molecule has 0 amide bonds. The molecule has 2 aromatic carbocycles. The fourth-order valence-electron chi connectivity index (χ4n) is 3.75. The molecule has 4 rings (SSSR count). The van der Waals surface area contributed by atoms with Gasteiger partial charge in [0.15, 0.2) is 5.96 Å². The lowest BCUT2D eigenvalue weighted by molar-refractivity contribution is 0.0341. The number of hydrogen-bond acceptors (Lipinski definition) is 4. The molecule has 2 aliphatic heterocycles. The largest absolute Gasteiger partial charge is 0.493 e. The maximum absolute atomic E-state index is 6.21. The van der Waals surface area contributed by atoms with Crippen LogP contribution in [0.5, 0.6) is 5.75 Å². The number of para-hydroxylation sites is 1. The molecular formula is C22H28N4O2. The molecule has 1 unspecified atom stereocenters. The number of morpholine rings is 1. The van der Waals surface area contributed by atoms with Crippen molar-refractivity contribution in [2.45, 2.75) is 25.6 Å². The summed E-state index contributed by atoms with van der Waals surface area (Å²) >= 11 is 0. The van der Waals surface area contributed by atoms with E-state index < -0.39 is 0 Å². The maximum atomic E-state index is 6.21. The van der Waals surface area contributed by atoms with Crippen LogP contribution in [-0.4, -0.2) is 43.8 Å². The average molecular weight is 380 g/mol. The van der Waals surface area contributed by atoms with Crippen molar-refractivity contribution < 1.29 is 9.47 Å². The van der Waals surface area contributed by atoms with Crippen molar-refractivity contribution in [3.05, 3.63) is 65.2 Å². The van der Waals surface area contributed by atoms with Gasteiger partial charge in [-0.15, -0.1) is 0 Å². The van der Waals surface area contributed by atoms with Crippen molar-refractivity contribution in [1.82, 2.24) is 10.2 Å². The van der Waals surface area contributed by atoms with Gasteiger partial charge in [-0.25, -0.2) is 4.99 Å². The molecule has 0 saturated carbocycles. The lowest BCUT2D eigenvalue weighted by atomic mass is 10.0. The molecule has 0 aliphatic carbocycles. The minimum atomic E-state index is 0.136. The third-order valence-electron chi connectivity index (χ3n) is 5.32. The zero-order valence-electron chi connectivity index (χ0n) is 16.1. The van der Waals surface area contributed by atoms with Crippen LogP contribution in [-0.2, 0) is 17.8 Å². The highest BCUT2D eigenvalue weighted by Crippen LogP contribution is 2.31. The number of nitrogens with one attached hydrogen (secondary N) is 1. The van der Waals surface area contributed by atoms with Gasteiger partial charge in [-0.1, -0.05) is 42.5 Å². The third-order valence-corrected chi connectivity index (χ3v) is 5.32. The maximum Gasteiger partial charge on any atom is 0.189 e. The number of fused-ring (bicyclic) bond motifs is 1. The summed E-state index contributed by atoms with van der Waals surface area (Å²) < 4.78 is 11.2. The van der Waals surface area contributed by atoms with Gasteiger partial charge in [0, 0.05) is 31.6 Å². The Morgan fingerprint density at radius 3 is 2.64 bits per heavy atom. The summed E-state index contributed by atoms with van der Waals surface area (Å²) in [5.74, 6) is 1.40. The Labute approximate surface area is 166 Å². The van der Waals surface area contributed by atoms with Crippen LogP contribution in [0.25, 0.3) is 0 Å². The molecule has 0 aromatic heterocycles. The monoisotopic (exact) mass is 380 g/mol. The molecule has 28 heavy (non-hydrogen) atoms. The van der Waals surface area contributed by atoms with E-state index in [1.165, 1.54) is 11.1 Å². The molecule has 2 aliphatic rings. The zero-order valence-corrected chi connectivity index (χ0v) is 16.1. The van der Waals surface area contributed by atoms with Gasteiger partial charge in [0.1, 0.15) is 5.75 Å². The Morgan fingerprint density at radius 2 is 1.79 bits per heavy atom. The van der Waals surface area contributed by atoms with Crippen molar-refractivity contribution in [1.29, 1.82) is 0 Å². The van der Waals surface area contributed by atoms with Gasteiger partial charge in [0.05, 0.1) is 32.4 Å². The number of rotatable bonds is 5. The Balaban J connectivity index is 1.40. The fraction of sp³-hybridized carbons (Fsp3) is 0.409. The molecule has 1 atom stereocenters. The normalized spacial score (nSPS) is 20.3. The van der Waals surface area contributed by atoms with Gasteiger partial charge in [-0.05, 0) is 17.2 Å². The molecule has 3 N–H and O–H groups in total. The van der Waals surface area contributed by atoms with E-state index in [0.29, 0.717) is 19.1 Å². The van der Waals surface area contributed by atoms with E-state index in [1.807, 2.05) is 18.2 Å². The molecule has 1 fully saturated rings. The minimum absolute atomic E-state index is 0.136. The number of ether oxygens (including phenoxy) is 2. The van der Waals surface area contributed by atoms with E-state index in [2.05, 4.69) is 45.5 Å². The second-order valence-electron chi connectivity index (χ2n) is 7.23. The quantitative estimate of drug-likeness (QED) is 0.616. The molecular weight excluding hydrogens is 352 g/mol. The molecule has 0 bridgehead atoms. The second kappa shape index (κ2) is 9.08. The first-order valence-electron chi connectivity index (χ1n) is 9.94. The highest BCUT2D eigenvalue weighted by molar-refractivity contribution is 5.78. The highest BCUT2D eigenvalue weighted by Gasteiger charge is 2.21. The van der Waals surface area contributed by atoms with E-state index in [-0.39, 0.29) is 6.04 Å². The standard InChI is InChI=1S/C22H28N4O2/c23-22(25-20-9-12-28-21-8-4-3-7-19(20)21)24-15-17-5-1-2-6-18(17)16-26-10-13-27-14-11-26/h1-8,20H,9-16H2,(H3,23,24,25). The minimum Gasteiger partial charge on any atom is -0.493 e. The van der Waals surface area contributed by atoms with Gasteiger partial charge in [0.25, 0.3) is 0 Å². The smallest absolute Gasteiger partial charge is 0.189 e. The predicted molar refractivity (Wildman–Crippen MR) is 110 cm³/mol. The lowest BCUT2D eigenvalue weighted by Gasteiger charge is -2.27. The molecule has 6 heteroatoms. The Morgan fingerprint density at radius 1 is 1.04 bits per heavy atom. The van der Waals surface area contributed by atoms with Gasteiger partial charge >= 0.3 is 0 Å². The molecule has 0 spiro atoms. The highest BCUT2D eigenvalue weighted by atomic mass is 16.5. The molecule has 1 saturated heterocycles. The van der Waals surface area contributed by atoms with Crippen LogP contribution in [0.2, 0.25) is 0 Å². The summed E-state index contributed by atoms with van der Waals surface area (Å²) in [7, 11) is 0. The number of benzene rings is 2. The summed E-state index contributed by atoms with van der Waals surface area (Å²) in [6.45, 7) is 5.76. The Bertz CT molecular complexity index is 818. The summed E-state index contributed by atoms with van der Waals surface area (Å²) in [5.41, 5.74) is 9.87. The number of guanidine groups is 1. The topological polar surface area (TPSA) is 72.1 Å². The van der Waals surface area contributed by atoms with Crippen LogP contribution in [0.4, 0.5) is 0 Å². The van der Waals surface area contributed by atoms with Gasteiger partial charge in [-0.3, -0.25) is 4.90 Å². The van der Waals surface area contributed by atoms with Crippen LogP contribution in [0.3, 0.4) is 0 Å². The van der Waals surface area contributed by atoms with Crippen molar-refractivity contribution >= 4 is 5.96 Å². The van der Waals surface area contributed by atoms with E-state index in [4.69, 9.17) is 15.2 Å². The number of aliphatic imine (C=N–C) groups is 1. The van der Waals surface area contributed by atoms with Gasteiger partial charge in [-0.2, -0.15) is 0 Å². The van der Waals surface area contributed by atoms with E-state index >= 15 is 0 Å². The van der Waals surface area contributed by atoms with E-state index in [9.17, 15) is 0 Å². The predicted octanol–water partition coefficient (Wildman–Crippen LogP) is 2.45. The summed E-state index contributed by atoms with van der Waals surface area (Å²) in [6, 6.07) is 16.7. The average Bonchev–Trinajstić information content (AvgIpc) is 2.74. The van der Waals surface area contributed by atoms with Crippen LogP contribution < -0.4 is 15.8 Å². The Hall–Kier alpha value is -2.57. The third kappa shape index (κ3) is 4.64. The van der Waals surface area contributed by atoms with E-state index in [1.54, 1.807) is 0 Å². The first-order valence-corrected chi connectivity index (χ1v) is 9.94. The van der Waals surface area contributed by atoms with Crippen molar-refractivity contribution in [2.75, 3.05) is 32.9 Å². The molecule has 6 nitrogen and oxygen atoms in total. The summed E-state index contributed by atoms with van der Waals surface area (Å²) in [4.78, 5) is 7.04. The summed E-state index contributed by atoms with van der Waals surface area (Å²) in [6.07, 6.45) is 0.876. The van der Waals surface area contributed by atoms with Crippen LogP contribution in [0.15, 0.2) is 53.5 Å². The van der Waals surface area contributed by atoms with Crippen molar-refractivity contribution in [3.63, 3.8) is 0 Å². The Kier molecular flexibility index (Phi) is 6.09. The number of nitrogens with zero attached hydrogens (tertiary/aromatic N) is 2. The first kappa shape index (κ1) is 18.8. The van der Waals surface area contributed by atoms with Gasteiger partial charge < -0.3 is 20.5 Å². The first-order chi connectivity index (χ1) is 13.8. The van der Waals surface area contributed by atoms with Crippen molar-refractivity contribution in [2.24, 2.45) is 10.7 Å². The SMILES string of the molecule is NC(=NCc1ccccc1CN1CCOCC1)NC1CCOc2ccccc21. The molecule has 2 aromatic rings. The van der Waals surface area contributed by atoms with Gasteiger partial charge in [0.2, 0.25) is 0 Å². The van der Waals surface area contributed by atoms with E-state index in [0.717, 1.165) is 50.6 Å². The molecule has 0 radical (unpaired) electrons. The second-order valence-corrected chi connectivity index (χ2v) is 7.23. The molecule has 2 heterocycles. The summed E-state index contributed by atoms with van der Waals surface area (Å²) in [5, 5.41) is 3.37. The molecule has 148 valence electrons. The van der Waals surface area contributed by atoms with Crippen molar-refractivity contribution in [3.8, 4) is 5.75 Å². The number of nitrogens with two attached hydrogens (primary N) is 1.